The minimum atomic E-state index is 0.424. The van der Waals surface area contributed by atoms with Crippen molar-refractivity contribution in [3.63, 3.8) is 0 Å². The molecule has 0 aromatic carbocycles. The van der Waals surface area contributed by atoms with Crippen molar-refractivity contribution in [2.75, 3.05) is 0 Å². The molecule has 0 aromatic heterocycles. The maximum absolute atomic E-state index is 6.44. The van der Waals surface area contributed by atoms with Gasteiger partial charge in [-0.1, -0.05) is 0 Å². The number of fused-ring (bicyclic) bond motifs is 2. The summed E-state index contributed by atoms with van der Waals surface area (Å²) in [5, 5.41) is 0. The van der Waals surface area contributed by atoms with Gasteiger partial charge in [-0.25, -0.2) is 0 Å². The second-order valence-electron chi connectivity index (χ2n) is 5.70. The number of hydrogen-bond acceptors (Lipinski definition) is 1. The standard InChI is InChI=1S/C10H13N/c11-10-6-2-4-3-1-5(6)9(10)7(3)8(4)10/h3-9H,1-2,11H2. The van der Waals surface area contributed by atoms with Crippen LogP contribution in [0.5, 0.6) is 0 Å². The van der Waals surface area contributed by atoms with E-state index in [-0.39, 0.29) is 0 Å². The molecule has 5 fully saturated rings. The first-order valence-corrected chi connectivity index (χ1v) is 5.12. The molecule has 1 nitrogen and oxygen atoms in total. The van der Waals surface area contributed by atoms with Crippen molar-refractivity contribution < 1.29 is 0 Å². The molecule has 2 N–H and O–H groups in total. The van der Waals surface area contributed by atoms with Gasteiger partial charge in [0.1, 0.15) is 0 Å². The summed E-state index contributed by atoms with van der Waals surface area (Å²) in [6, 6.07) is 0. The van der Waals surface area contributed by atoms with Gasteiger partial charge in [-0.15, -0.1) is 0 Å². The van der Waals surface area contributed by atoms with Crippen LogP contribution in [0.2, 0.25) is 0 Å². The molecule has 5 rings (SSSR count). The predicted octanol–water partition coefficient (Wildman–Crippen LogP) is 0.845. The van der Waals surface area contributed by atoms with Crippen molar-refractivity contribution in [3.05, 3.63) is 0 Å². The molecule has 58 valence electrons. The fourth-order valence-corrected chi connectivity index (χ4v) is 6.19. The molecular weight excluding hydrogens is 134 g/mol. The van der Waals surface area contributed by atoms with Crippen LogP contribution in [0.3, 0.4) is 0 Å². The Hall–Kier alpha value is -0.0400. The van der Waals surface area contributed by atoms with Gasteiger partial charge in [-0.2, -0.15) is 0 Å². The largest absolute Gasteiger partial charge is 0.324 e. The number of rotatable bonds is 0. The lowest BCUT2D eigenvalue weighted by Gasteiger charge is -2.72. The molecule has 0 heterocycles. The van der Waals surface area contributed by atoms with E-state index in [0.717, 1.165) is 35.5 Å². The summed E-state index contributed by atoms with van der Waals surface area (Å²) in [5.41, 5.74) is 6.86. The molecule has 5 aliphatic carbocycles. The summed E-state index contributed by atoms with van der Waals surface area (Å²) in [6.45, 7) is 0. The van der Waals surface area contributed by atoms with E-state index in [9.17, 15) is 0 Å². The van der Waals surface area contributed by atoms with Crippen molar-refractivity contribution >= 4 is 0 Å². The zero-order valence-electron chi connectivity index (χ0n) is 6.53. The fourth-order valence-electron chi connectivity index (χ4n) is 6.19. The summed E-state index contributed by atoms with van der Waals surface area (Å²) in [4.78, 5) is 0. The van der Waals surface area contributed by atoms with E-state index in [2.05, 4.69) is 0 Å². The van der Waals surface area contributed by atoms with Gasteiger partial charge in [0.25, 0.3) is 0 Å². The van der Waals surface area contributed by atoms with E-state index in [1.54, 1.807) is 6.42 Å². The number of hydrogen-bond donors (Lipinski definition) is 1. The van der Waals surface area contributed by atoms with Crippen molar-refractivity contribution in [1.82, 2.24) is 0 Å². The third-order valence-corrected chi connectivity index (χ3v) is 6.18. The molecule has 0 aromatic rings. The normalized spacial score (nSPS) is 90.8. The van der Waals surface area contributed by atoms with Gasteiger partial charge in [0.15, 0.2) is 0 Å². The molecule has 5 saturated carbocycles. The maximum atomic E-state index is 6.44. The Balaban J connectivity index is 1.88. The molecule has 0 spiro atoms. The van der Waals surface area contributed by atoms with Gasteiger partial charge in [-0.3, -0.25) is 0 Å². The first kappa shape index (κ1) is 4.86. The van der Waals surface area contributed by atoms with Gasteiger partial charge in [0.2, 0.25) is 0 Å². The topological polar surface area (TPSA) is 26.0 Å². The summed E-state index contributed by atoms with van der Waals surface area (Å²) in [7, 11) is 0. The van der Waals surface area contributed by atoms with Crippen LogP contribution in [0.1, 0.15) is 12.8 Å². The van der Waals surface area contributed by atoms with Crippen LogP contribution in [-0.4, -0.2) is 5.54 Å². The Morgan fingerprint density at radius 1 is 1.00 bits per heavy atom. The van der Waals surface area contributed by atoms with Crippen molar-refractivity contribution in [2.45, 2.75) is 18.4 Å². The lowest BCUT2D eigenvalue weighted by molar-refractivity contribution is -0.204. The molecule has 0 bridgehead atoms. The van der Waals surface area contributed by atoms with Gasteiger partial charge < -0.3 is 5.73 Å². The molecule has 0 saturated heterocycles. The molecule has 8 unspecified atom stereocenters. The molecule has 0 amide bonds. The molecule has 0 aliphatic heterocycles. The van der Waals surface area contributed by atoms with Gasteiger partial charge >= 0.3 is 0 Å². The van der Waals surface area contributed by atoms with Gasteiger partial charge in [0.05, 0.1) is 0 Å². The number of nitrogens with two attached hydrogens (primary N) is 1. The van der Waals surface area contributed by atoms with Crippen LogP contribution in [-0.2, 0) is 0 Å². The summed E-state index contributed by atoms with van der Waals surface area (Å²) >= 11 is 0. The lowest BCUT2D eigenvalue weighted by Crippen LogP contribution is -2.80. The van der Waals surface area contributed by atoms with E-state index in [1.807, 2.05) is 0 Å². The lowest BCUT2D eigenvalue weighted by atomic mass is 9.35. The van der Waals surface area contributed by atoms with E-state index in [1.165, 1.54) is 12.3 Å². The quantitative estimate of drug-likeness (QED) is 0.540. The summed E-state index contributed by atoms with van der Waals surface area (Å²) in [5.74, 6) is 7.61. The minimum absolute atomic E-state index is 0.424. The van der Waals surface area contributed by atoms with Crippen LogP contribution in [0.15, 0.2) is 0 Å². The SMILES string of the molecule is NC12C3CC4C5CC3C1C5C42. The Morgan fingerprint density at radius 2 is 1.82 bits per heavy atom. The molecular formula is C10H13N. The zero-order chi connectivity index (χ0) is 6.96. The highest BCUT2D eigenvalue weighted by Crippen LogP contribution is 2.89. The van der Waals surface area contributed by atoms with Gasteiger partial charge in [-0.05, 0) is 54.3 Å². The van der Waals surface area contributed by atoms with Crippen LogP contribution in [0.25, 0.3) is 0 Å². The average molecular weight is 147 g/mol. The van der Waals surface area contributed by atoms with E-state index in [4.69, 9.17) is 5.73 Å². The third kappa shape index (κ3) is 0.217. The molecule has 11 heavy (non-hydrogen) atoms. The minimum Gasteiger partial charge on any atom is -0.324 e. The van der Waals surface area contributed by atoms with E-state index >= 15 is 0 Å². The highest BCUT2D eigenvalue weighted by molar-refractivity contribution is 5.41. The van der Waals surface area contributed by atoms with Crippen LogP contribution >= 0.6 is 0 Å². The molecule has 1 heteroatoms. The van der Waals surface area contributed by atoms with Crippen molar-refractivity contribution in [1.29, 1.82) is 0 Å². The Morgan fingerprint density at radius 3 is 2.73 bits per heavy atom. The second kappa shape index (κ2) is 0.953. The zero-order valence-corrected chi connectivity index (χ0v) is 6.53. The van der Waals surface area contributed by atoms with Gasteiger partial charge in [0, 0.05) is 5.54 Å². The third-order valence-electron chi connectivity index (χ3n) is 6.18. The first-order chi connectivity index (χ1) is 5.33. The van der Waals surface area contributed by atoms with Crippen LogP contribution in [0, 0.1) is 41.4 Å². The smallest absolute Gasteiger partial charge is 0.0254 e. The van der Waals surface area contributed by atoms with Crippen molar-refractivity contribution in [2.24, 2.45) is 47.2 Å². The molecule has 0 radical (unpaired) electrons. The Labute approximate surface area is 66.3 Å². The molecule has 8 atom stereocenters. The van der Waals surface area contributed by atoms with E-state index in [0.29, 0.717) is 5.54 Å². The predicted molar refractivity (Wildman–Crippen MR) is 40.6 cm³/mol. The molecule has 5 aliphatic rings. The highest BCUT2D eigenvalue weighted by Gasteiger charge is 2.89. The fraction of sp³-hybridized carbons (Fsp3) is 1.00. The van der Waals surface area contributed by atoms with Crippen molar-refractivity contribution in [3.8, 4) is 0 Å². The van der Waals surface area contributed by atoms with E-state index < -0.39 is 0 Å². The van der Waals surface area contributed by atoms with Crippen LogP contribution < -0.4 is 5.73 Å². The average Bonchev–Trinajstić information content (AvgIpc) is 2.26. The second-order valence-corrected chi connectivity index (χ2v) is 5.70. The summed E-state index contributed by atoms with van der Waals surface area (Å²) in [6.07, 6.45) is 3.11. The Bertz CT molecular complexity index is 253. The Kier molecular flexibility index (Phi) is 0.421. The maximum Gasteiger partial charge on any atom is 0.0254 e. The summed E-state index contributed by atoms with van der Waals surface area (Å²) < 4.78 is 0. The highest BCUT2D eigenvalue weighted by atomic mass is 15.1. The first-order valence-electron chi connectivity index (χ1n) is 5.12. The monoisotopic (exact) mass is 147 g/mol. The van der Waals surface area contributed by atoms with Crippen LogP contribution in [0.4, 0.5) is 0 Å².